The van der Waals surface area contributed by atoms with Crippen molar-refractivity contribution in [1.29, 1.82) is 0 Å². The minimum atomic E-state index is -0.691. The summed E-state index contributed by atoms with van der Waals surface area (Å²) in [5, 5.41) is 9.43. The van der Waals surface area contributed by atoms with Gasteiger partial charge in [0.25, 0.3) is 0 Å². The molecule has 0 unspecified atom stereocenters. The molecule has 0 saturated carbocycles. The molecule has 1 aromatic rings. The first-order valence-corrected chi connectivity index (χ1v) is 8.04. The maximum absolute atomic E-state index is 11.5. The minimum Gasteiger partial charge on any atom is -0.496 e. The number of hydrogen-bond donors (Lipinski definition) is 1. The molecule has 2 heterocycles. The second-order valence-electron chi connectivity index (χ2n) is 6.20. The van der Waals surface area contributed by atoms with Crippen LogP contribution >= 0.6 is 0 Å². The monoisotopic (exact) mass is 321 g/mol. The van der Waals surface area contributed by atoms with Crippen LogP contribution in [0, 0.1) is 11.8 Å². The number of carbonyl (C=O) groups is 1. The van der Waals surface area contributed by atoms with Crippen LogP contribution in [-0.4, -0.2) is 43.0 Å². The van der Waals surface area contributed by atoms with E-state index in [1.807, 2.05) is 12.1 Å². The fourth-order valence-electron chi connectivity index (χ4n) is 3.55. The molecule has 23 heavy (non-hydrogen) atoms. The largest absolute Gasteiger partial charge is 0.496 e. The van der Waals surface area contributed by atoms with Crippen LogP contribution in [0.15, 0.2) is 12.1 Å². The molecule has 2 aliphatic heterocycles. The van der Waals surface area contributed by atoms with Gasteiger partial charge in [0.2, 0.25) is 6.79 Å². The molecule has 0 bridgehead atoms. The van der Waals surface area contributed by atoms with Crippen molar-refractivity contribution in [3.05, 3.63) is 17.7 Å². The number of rotatable bonds is 6. The Morgan fingerprint density at radius 2 is 2.09 bits per heavy atom. The van der Waals surface area contributed by atoms with Gasteiger partial charge >= 0.3 is 5.97 Å². The summed E-state index contributed by atoms with van der Waals surface area (Å²) in [6.07, 6.45) is 1.96. The van der Waals surface area contributed by atoms with Crippen molar-refractivity contribution in [2.75, 3.05) is 27.0 Å². The van der Waals surface area contributed by atoms with E-state index in [0.717, 1.165) is 36.4 Å². The maximum Gasteiger partial charge on any atom is 0.308 e. The molecule has 2 atom stereocenters. The van der Waals surface area contributed by atoms with Gasteiger partial charge in [-0.1, -0.05) is 13.3 Å². The van der Waals surface area contributed by atoms with E-state index in [9.17, 15) is 9.90 Å². The van der Waals surface area contributed by atoms with Gasteiger partial charge in [-0.2, -0.15) is 0 Å². The van der Waals surface area contributed by atoms with Gasteiger partial charge in [-0.3, -0.25) is 9.69 Å². The van der Waals surface area contributed by atoms with Crippen LogP contribution in [-0.2, 0) is 11.3 Å². The van der Waals surface area contributed by atoms with Gasteiger partial charge in [0.15, 0.2) is 11.5 Å². The fraction of sp³-hybridized carbons (Fsp3) is 0.588. The number of hydrogen-bond acceptors (Lipinski definition) is 5. The van der Waals surface area contributed by atoms with Gasteiger partial charge in [-0.25, -0.2) is 0 Å². The fourth-order valence-corrected chi connectivity index (χ4v) is 3.55. The van der Waals surface area contributed by atoms with Crippen LogP contribution < -0.4 is 14.2 Å². The normalized spacial score (nSPS) is 23.2. The summed E-state index contributed by atoms with van der Waals surface area (Å²) in [5.41, 5.74) is 0.998. The maximum atomic E-state index is 11.5. The first-order chi connectivity index (χ1) is 11.1. The molecule has 1 fully saturated rings. The van der Waals surface area contributed by atoms with Crippen LogP contribution in [0.5, 0.6) is 17.2 Å². The summed E-state index contributed by atoms with van der Waals surface area (Å²) >= 11 is 0. The molecule has 1 saturated heterocycles. The molecule has 0 aromatic heterocycles. The second kappa shape index (κ2) is 6.66. The first-order valence-electron chi connectivity index (χ1n) is 8.04. The Morgan fingerprint density at radius 1 is 1.35 bits per heavy atom. The number of fused-ring (bicyclic) bond motifs is 1. The lowest BCUT2D eigenvalue weighted by molar-refractivity contribution is -0.142. The number of likely N-dealkylation sites (tertiary alicyclic amines) is 1. The quantitative estimate of drug-likeness (QED) is 0.867. The van der Waals surface area contributed by atoms with Crippen molar-refractivity contribution >= 4 is 5.97 Å². The lowest BCUT2D eigenvalue weighted by atomic mass is 9.92. The highest BCUT2D eigenvalue weighted by Crippen LogP contribution is 2.39. The summed E-state index contributed by atoms with van der Waals surface area (Å²) in [4.78, 5) is 13.7. The van der Waals surface area contributed by atoms with Crippen molar-refractivity contribution in [3.63, 3.8) is 0 Å². The van der Waals surface area contributed by atoms with Crippen molar-refractivity contribution in [2.45, 2.75) is 26.3 Å². The van der Waals surface area contributed by atoms with Crippen LogP contribution in [0.2, 0.25) is 0 Å². The number of ether oxygens (including phenoxy) is 3. The van der Waals surface area contributed by atoms with Gasteiger partial charge in [0.1, 0.15) is 5.75 Å². The van der Waals surface area contributed by atoms with Gasteiger partial charge < -0.3 is 19.3 Å². The molecule has 0 aliphatic carbocycles. The van der Waals surface area contributed by atoms with E-state index >= 15 is 0 Å². The third-order valence-corrected chi connectivity index (χ3v) is 4.66. The molecular weight excluding hydrogens is 298 g/mol. The number of carboxylic acid groups (broad SMARTS) is 1. The summed E-state index contributed by atoms with van der Waals surface area (Å²) in [5.74, 6) is 1.41. The van der Waals surface area contributed by atoms with Gasteiger partial charge in [0, 0.05) is 31.3 Å². The summed E-state index contributed by atoms with van der Waals surface area (Å²) < 4.78 is 16.3. The molecule has 6 nitrogen and oxygen atoms in total. The third-order valence-electron chi connectivity index (χ3n) is 4.66. The Kier molecular flexibility index (Phi) is 4.61. The summed E-state index contributed by atoms with van der Waals surface area (Å²) in [7, 11) is 1.63. The minimum absolute atomic E-state index is 0.220. The smallest absolute Gasteiger partial charge is 0.308 e. The first kappa shape index (κ1) is 15.9. The summed E-state index contributed by atoms with van der Waals surface area (Å²) in [6.45, 7) is 4.37. The van der Waals surface area contributed by atoms with Crippen LogP contribution in [0.3, 0.4) is 0 Å². The van der Waals surface area contributed by atoms with E-state index in [4.69, 9.17) is 14.2 Å². The lowest BCUT2D eigenvalue weighted by Gasteiger charge is -2.18. The van der Waals surface area contributed by atoms with Crippen molar-refractivity contribution in [3.8, 4) is 17.2 Å². The number of methoxy groups -OCH3 is 1. The molecule has 1 N–H and O–H groups in total. The molecule has 0 amide bonds. The van der Waals surface area contributed by atoms with Crippen LogP contribution in [0.25, 0.3) is 0 Å². The SMILES string of the molecule is CCC[C@H]1CN(Cc2cc3c(cc2OC)OCO3)C[C@@H]1C(=O)O. The molecular formula is C17H23NO5. The standard InChI is InChI=1S/C17H23NO5/c1-3-4-11-7-18(9-13(11)17(19)20)8-12-5-15-16(23-10-22-15)6-14(12)21-2/h5-6,11,13H,3-4,7-10H2,1-2H3,(H,19,20)/t11-,13-/m0/s1. The molecule has 0 radical (unpaired) electrons. The Bertz CT molecular complexity index is 589. The van der Waals surface area contributed by atoms with E-state index < -0.39 is 5.97 Å². The lowest BCUT2D eigenvalue weighted by Crippen LogP contribution is -2.23. The van der Waals surface area contributed by atoms with Crippen molar-refractivity contribution in [1.82, 2.24) is 4.90 Å². The highest BCUT2D eigenvalue weighted by atomic mass is 16.7. The highest BCUT2D eigenvalue weighted by molar-refractivity contribution is 5.71. The number of nitrogens with zero attached hydrogens (tertiary/aromatic N) is 1. The van der Waals surface area contributed by atoms with Crippen molar-refractivity contribution < 1.29 is 24.1 Å². The number of carboxylic acids is 1. The van der Waals surface area contributed by atoms with E-state index in [-0.39, 0.29) is 18.6 Å². The molecule has 1 aromatic carbocycles. The Hall–Kier alpha value is -1.95. The van der Waals surface area contributed by atoms with E-state index in [1.54, 1.807) is 7.11 Å². The van der Waals surface area contributed by atoms with Gasteiger partial charge in [-0.15, -0.1) is 0 Å². The average molecular weight is 321 g/mol. The number of aliphatic carboxylic acids is 1. The zero-order valence-corrected chi connectivity index (χ0v) is 13.6. The van der Waals surface area contributed by atoms with Gasteiger partial charge in [-0.05, 0) is 18.4 Å². The zero-order valence-electron chi connectivity index (χ0n) is 13.6. The highest BCUT2D eigenvalue weighted by Gasteiger charge is 2.37. The molecule has 126 valence electrons. The average Bonchev–Trinajstić information content (AvgIpc) is 3.13. The predicted octanol–water partition coefficient (Wildman–Crippen LogP) is 2.36. The van der Waals surface area contributed by atoms with E-state index in [0.29, 0.717) is 18.8 Å². The van der Waals surface area contributed by atoms with Crippen molar-refractivity contribution in [2.24, 2.45) is 11.8 Å². The third kappa shape index (κ3) is 3.22. The Balaban J connectivity index is 1.76. The second-order valence-corrected chi connectivity index (χ2v) is 6.20. The van der Waals surface area contributed by atoms with E-state index in [2.05, 4.69) is 11.8 Å². The molecule has 6 heteroatoms. The molecule has 3 rings (SSSR count). The number of benzene rings is 1. The summed E-state index contributed by atoms with van der Waals surface area (Å²) in [6, 6.07) is 3.77. The van der Waals surface area contributed by atoms with Crippen LogP contribution in [0.1, 0.15) is 25.3 Å². The molecule has 0 spiro atoms. The topological polar surface area (TPSA) is 68.2 Å². The molecule has 2 aliphatic rings. The Labute approximate surface area is 135 Å². The van der Waals surface area contributed by atoms with E-state index in [1.165, 1.54) is 0 Å². The Morgan fingerprint density at radius 3 is 2.74 bits per heavy atom. The van der Waals surface area contributed by atoms with Gasteiger partial charge in [0.05, 0.1) is 13.0 Å². The van der Waals surface area contributed by atoms with Crippen LogP contribution in [0.4, 0.5) is 0 Å². The predicted molar refractivity (Wildman–Crippen MR) is 83.9 cm³/mol. The zero-order chi connectivity index (χ0) is 16.4.